The van der Waals surface area contributed by atoms with Gasteiger partial charge in [0.25, 0.3) is 0 Å². The fourth-order valence-electron chi connectivity index (χ4n) is 0.932. The van der Waals surface area contributed by atoms with E-state index in [-0.39, 0.29) is 12.1 Å². The summed E-state index contributed by atoms with van der Waals surface area (Å²) in [5, 5.41) is 8.94. The molecule has 13 heavy (non-hydrogen) atoms. The minimum absolute atomic E-state index is 0.141. The van der Waals surface area contributed by atoms with Gasteiger partial charge in [-0.1, -0.05) is 5.16 Å². The average Bonchev–Trinajstić information content (AvgIpc) is 2.51. The van der Waals surface area contributed by atoms with E-state index in [1.807, 2.05) is 13.8 Å². The van der Waals surface area contributed by atoms with Gasteiger partial charge in [-0.2, -0.15) is 0 Å². The lowest BCUT2D eigenvalue weighted by Crippen LogP contribution is -2.34. The number of hydrogen-bond donors (Lipinski definition) is 2. The Morgan fingerprint density at radius 3 is 2.85 bits per heavy atom. The van der Waals surface area contributed by atoms with Gasteiger partial charge in [0.2, 0.25) is 0 Å². The molecule has 1 atom stereocenters. The van der Waals surface area contributed by atoms with Crippen LogP contribution in [0.1, 0.15) is 24.4 Å². The molecular weight excluding hydrogens is 170 g/mol. The summed E-state index contributed by atoms with van der Waals surface area (Å²) in [6.45, 7) is 3.65. The highest BCUT2D eigenvalue weighted by Crippen LogP contribution is 2.11. The summed E-state index contributed by atoms with van der Waals surface area (Å²) < 4.78 is 4.88. The van der Waals surface area contributed by atoms with E-state index in [2.05, 4.69) is 15.8 Å². The second-order valence-electron chi connectivity index (χ2n) is 2.81. The van der Waals surface area contributed by atoms with Crippen LogP contribution in [0.2, 0.25) is 0 Å². The summed E-state index contributed by atoms with van der Waals surface area (Å²) >= 11 is 0. The first kappa shape index (κ1) is 9.57. The molecule has 0 fully saturated rings. The number of carbonyl (C=O) groups is 1. The Balaban J connectivity index is 2.58. The number of urea groups is 1. The lowest BCUT2D eigenvalue weighted by atomic mass is 10.2. The zero-order chi connectivity index (χ0) is 9.84. The molecule has 0 bridgehead atoms. The van der Waals surface area contributed by atoms with Gasteiger partial charge in [0.15, 0.2) is 0 Å². The summed E-state index contributed by atoms with van der Waals surface area (Å²) in [6, 6.07) is 1.42. The summed E-state index contributed by atoms with van der Waals surface area (Å²) in [4.78, 5) is 10.9. The average molecular weight is 183 g/mol. The smallest absolute Gasteiger partial charge is 0.315 e. The number of nitrogens with zero attached hydrogens (tertiary/aromatic N) is 1. The predicted octanol–water partition coefficient (Wildman–Crippen LogP) is 0.973. The predicted molar refractivity (Wildman–Crippen MR) is 47.2 cm³/mol. The largest absolute Gasteiger partial charge is 0.361 e. The highest BCUT2D eigenvalue weighted by atomic mass is 16.5. The molecule has 1 heterocycles. The Morgan fingerprint density at radius 2 is 2.38 bits per heavy atom. The van der Waals surface area contributed by atoms with Crippen LogP contribution in [0.5, 0.6) is 0 Å². The molecule has 0 unspecified atom stereocenters. The molecule has 1 aromatic rings. The van der Waals surface area contributed by atoms with E-state index in [0.29, 0.717) is 0 Å². The SMILES string of the molecule is CNC(=O)N[C@H](C)c1cc(C)on1. The van der Waals surface area contributed by atoms with Crippen LogP contribution in [0.25, 0.3) is 0 Å². The van der Waals surface area contributed by atoms with Gasteiger partial charge in [0.1, 0.15) is 11.5 Å². The third kappa shape index (κ3) is 2.47. The van der Waals surface area contributed by atoms with Gasteiger partial charge in [0.05, 0.1) is 6.04 Å². The van der Waals surface area contributed by atoms with E-state index >= 15 is 0 Å². The van der Waals surface area contributed by atoms with E-state index in [1.165, 1.54) is 0 Å². The molecule has 0 aliphatic rings. The molecule has 0 saturated heterocycles. The topological polar surface area (TPSA) is 67.2 Å². The molecule has 0 spiro atoms. The Bertz CT molecular complexity index is 295. The normalized spacial score (nSPS) is 12.2. The molecule has 0 aromatic carbocycles. The minimum atomic E-state index is -0.229. The molecule has 2 amide bonds. The number of hydrogen-bond acceptors (Lipinski definition) is 3. The fourth-order valence-corrected chi connectivity index (χ4v) is 0.932. The van der Waals surface area contributed by atoms with Crippen molar-refractivity contribution in [3.05, 3.63) is 17.5 Å². The van der Waals surface area contributed by atoms with Crippen molar-refractivity contribution in [3.63, 3.8) is 0 Å². The Morgan fingerprint density at radius 1 is 1.69 bits per heavy atom. The highest BCUT2D eigenvalue weighted by molar-refractivity contribution is 5.73. The Hall–Kier alpha value is -1.52. The van der Waals surface area contributed by atoms with Crippen molar-refractivity contribution < 1.29 is 9.32 Å². The summed E-state index contributed by atoms with van der Waals surface area (Å²) in [7, 11) is 1.57. The Labute approximate surface area is 76.5 Å². The molecule has 1 aromatic heterocycles. The van der Waals surface area contributed by atoms with Crippen LogP contribution in [-0.2, 0) is 0 Å². The van der Waals surface area contributed by atoms with Crippen LogP contribution in [0.3, 0.4) is 0 Å². The van der Waals surface area contributed by atoms with Crippen LogP contribution in [0.15, 0.2) is 10.6 Å². The number of aromatic nitrogens is 1. The number of carbonyl (C=O) groups excluding carboxylic acids is 1. The van der Waals surface area contributed by atoms with E-state index in [4.69, 9.17) is 4.52 Å². The molecule has 1 rings (SSSR count). The second kappa shape index (κ2) is 3.93. The second-order valence-corrected chi connectivity index (χ2v) is 2.81. The lowest BCUT2D eigenvalue weighted by molar-refractivity contribution is 0.239. The maximum atomic E-state index is 10.9. The standard InChI is InChI=1S/C8H13N3O2/c1-5-4-7(11-13-5)6(2)10-8(12)9-3/h4,6H,1-3H3,(H2,9,10,12)/t6-/m1/s1. The van der Waals surface area contributed by atoms with Gasteiger partial charge in [-0.3, -0.25) is 0 Å². The maximum absolute atomic E-state index is 10.9. The van der Waals surface area contributed by atoms with Gasteiger partial charge in [0, 0.05) is 13.1 Å². The number of rotatable bonds is 2. The first-order valence-electron chi connectivity index (χ1n) is 4.05. The molecule has 72 valence electrons. The van der Waals surface area contributed by atoms with Crippen molar-refractivity contribution in [2.75, 3.05) is 7.05 Å². The molecule has 5 heteroatoms. The zero-order valence-corrected chi connectivity index (χ0v) is 7.92. The van der Waals surface area contributed by atoms with Crippen molar-refractivity contribution in [1.82, 2.24) is 15.8 Å². The summed E-state index contributed by atoms with van der Waals surface area (Å²) in [5.74, 6) is 0.737. The molecule has 0 saturated carbocycles. The van der Waals surface area contributed by atoms with Crippen LogP contribution >= 0.6 is 0 Å². The van der Waals surface area contributed by atoms with Crippen molar-refractivity contribution >= 4 is 6.03 Å². The van der Waals surface area contributed by atoms with Crippen LogP contribution in [0.4, 0.5) is 4.79 Å². The van der Waals surface area contributed by atoms with Gasteiger partial charge >= 0.3 is 6.03 Å². The molecule has 0 aliphatic heterocycles. The van der Waals surface area contributed by atoms with Crippen molar-refractivity contribution in [1.29, 1.82) is 0 Å². The van der Waals surface area contributed by atoms with Crippen LogP contribution < -0.4 is 10.6 Å². The first-order chi connectivity index (χ1) is 6.13. The molecular formula is C8H13N3O2. The maximum Gasteiger partial charge on any atom is 0.315 e. The Kier molecular flexibility index (Phi) is 2.89. The van der Waals surface area contributed by atoms with Crippen molar-refractivity contribution in [2.45, 2.75) is 19.9 Å². The van der Waals surface area contributed by atoms with E-state index in [0.717, 1.165) is 11.5 Å². The highest BCUT2D eigenvalue weighted by Gasteiger charge is 2.11. The van der Waals surface area contributed by atoms with Gasteiger partial charge in [-0.05, 0) is 13.8 Å². The lowest BCUT2D eigenvalue weighted by Gasteiger charge is -2.09. The first-order valence-corrected chi connectivity index (χ1v) is 4.05. The third-order valence-corrected chi connectivity index (χ3v) is 1.66. The number of amides is 2. The summed E-state index contributed by atoms with van der Waals surface area (Å²) in [5.41, 5.74) is 0.723. The van der Waals surface area contributed by atoms with Gasteiger partial charge < -0.3 is 15.2 Å². The van der Waals surface area contributed by atoms with Crippen molar-refractivity contribution in [3.8, 4) is 0 Å². The quantitative estimate of drug-likeness (QED) is 0.718. The van der Waals surface area contributed by atoms with Crippen LogP contribution in [-0.4, -0.2) is 18.2 Å². The number of aryl methyl sites for hydroxylation is 1. The molecule has 0 radical (unpaired) electrons. The summed E-state index contributed by atoms with van der Waals surface area (Å²) in [6.07, 6.45) is 0. The van der Waals surface area contributed by atoms with Crippen LogP contribution in [0, 0.1) is 6.92 Å². The van der Waals surface area contributed by atoms with E-state index in [9.17, 15) is 4.79 Å². The van der Waals surface area contributed by atoms with E-state index in [1.54, 1.807) is 13.1 Å². The minimum Gasteiger partial charge on any atom is -0.361 e. The molecule has 0 aliphatic carbocycles. The number of nitrogens with one attached hydrogen (secondary N) is 2. The fraction of sp³-hybridized carbons (Fsp3) is 0.500. The van der Waals surface area contributed by atoms with Gasteiger partial charge in [-0.15, -0.1) is 0 Å². The van der Waals surface area contributed by atoms with E-state index < -0.39 is 0 Å². The van der Waals surface area contributed by atoms with Gasteiger partial charge in [-0.25, -0.2) is 4.79 Å². The molecule has 2 N–H and O–H groups in total. The molecule has 5 nitrogen and oxygen atoms in total. The van der Waals surface area contributed by atoms with Crippen molar-refractivity contribution in [2.24, 2.45) is 0 Å². The monoisotopic (exact) mass is 183 g/mol. The zero-order valence-electron chi connectivity index (χ0n) is 7.92. The third-order valence-electron chi connectivity index (χ3n) is 1.66.